The first-order valence-electron chi connectivity index (χ1n) is 43.2. The Morgan fingerprint density at radius 3 is 1.14 bits per heavy atom. The van der Waals surface area contributed by atoms with Crippen molar-refractivity contribution in [2.75, 3.05) is 197 Å². The number of aromatic nitrogens is 9. The van der Waals surface area contributed by atoms with Crippen LogP contribution in [0.5, 0.6) is 17.2 Å². The van der Waals surface area contributed by atoms with Crippen molar-refractivity contribution in [2.45, 2.75) is 32.1 Å². The molecule has 134 heavy (non-hydrogen) atoms. The Kier molecular flexibility index (Phi) is 31.7. The van der Waals surface area contributed by atoms with Gasteiger partial charge < -0.3 is 116 Å². The van der Waals surface area contributed by atoms with Crippen LogP contribution in [0.4, 0.5) is 74.5 Å². The van der Waals surface area contributed by atoms with E-state index in [0.29, 0.717) is 213 Å². The SMILES string of the molecule is CN1CCC(=O)Nc2cccc(c2)-c2cnc(N)c(n2)C(=O)Nc2ccccc21.CN1CCCN(C)c2ccccc2NC(=O)c2nc(cnc2N)-c2ccc(OCCCN)c(c2)C1=O.CN1CCN(C)c2ccncc2NC(=O)c2nc(cnc2N)-c2ccc(OCCCN)c(c2)C1=O.CN1CCNC(=O)c2cc(ccc2OCCCN)-c2cnc(N)c(n2)C(=O)Nc2ccccc21. The summed E-state index contributed by atoms with van der Waals surface area (Å²) in [4.78, 5) is 154. The topological polar surface area (TPSA) is 554 Å². The number of carbonyl (C=O) groups excluding carboxylic acids is 8. The van der Waals surface area contributed by atoms with Gasteiger partial charge in [-0.05, 0) is 155 Å². The zero-order chi connectivity index (χ0) is 95.1. The van der Waals surface area contributed by atoms with E-state index in [1.165, 1.54) is 24.8 Å². The molecule has 692 valence electrons. The van der Waals surface area contributed by atoms with Crippen molar-refractivity contribution in [1.29, 1.82) is 0 Å². The Bertz CT molecular complexity index is 6330. The summed E-state index contributed by atoms with van der Waals surface area (Å²) in [5.74, 6) is -1.22. The number of carbonyl (C=O) groups is 8. The van der Waals surface area contributed by atoms with E-state index in [4.69, 9.17) is 54.3 Å². The minimum atomic E-state index is -0.510. The van der Waals surface area contributed by atoms with Crippen molar-refractivity contribution in [1.82, 2.24) is 60.0 Å². The van der Waals surface area contributed by atoms with Crippen LogP contribution in [-0.4, -0.2) is 229 Å². The monoisotopic (exact) mass is 1810 g/mol. The van der Waals surface area contributed by atoms with Crippen molar-refractivity contribution in [2.24, 2.45) is 17.2 Å². The molecule has 5 aromatic heterocycles. The quantitative estimate of drug-likeness (QED) is 0.0507. The van der Waals surface area contributed by atoms with E-state index in [0.717, 1.165) is 34.7 Å². The lowest BCUT2D eigenvalue weighted by atomic mass is 10.1. The fourth-order valence-corrected chi connectivity index (χ4v) is 14.5. The van der Waals surface area contributed by atoms with Crippen LogP contribution in [0.2, 0.25) is 0 Å². The van der Waals surface area contributed by atoms with Crippen LogP contribution in [0.15, 0.2) is 195 Å². The molecular formula is C95H106N28O11. The van der Waals surface area contributed by atoms with Gasteiger partial charge in [-0.2, -0.15) is 0 Å². The van der Waals surface area contributed by atoms with Gasteiger partial charge in [0.15, 0.2) is 46.0 Å². The lowest BCUT2D eigenvalue weighted by Gasteiger charge is -2.26. The van der Waals surface area contributed by atoms with Crippen LogP contribution in [-0.2, 0) is 4.79 Å². The van der Waals surface area contributed by atoms with Crippen LogP contribution < -0.4 is 106 Å². The number of nitrogens with one attached hydrogen (secondary N) is 6. The van der Waals surface area contributed by atoms with Gasteiger partial charge in [0.2, 0.25) is 5.91 Å². The number of amides is 8. The third-order valence-electron chi connectivity index (χ3n) is 21.9. The van der Waals surface area contributed by atoms with E-state index in [1.54, 1.807) is 121 Å². The molecule has 39 nitrogen and oxygen atoms in total. The number of para-hydroxylation sites is 6. The molecule has 0 radical (unpaired) electrons. The second-order valence-corrected chi connectivity index (χ2v) is 31.5. The first-order valence-corrected chi connectivity index (χ1v) is 43.2. The largest absolute Gasteiger partial charge is 0.493 e. The molecule has 0 spiro atoms. The Balaban J connectivity index is 0.000000152. The van der Waals surface area contributed by atoms with Gasteiger partial charge in [-0.3, -0.25) is 43.3 Å². The van der Waals surface area contributed by atoms with Crippen molar-refractivity contribution in [3.8, 4) is 62.3 Å². The summed E-state index contributed by atoms with van der Waals surface area (Å²) in [5, 5.41) is 17.4. The summed E-state index contributed by atoms with van der Waals surface area (Å²) in [6, 6.07) is 46.8. The molecule has 16 bridgehead atoms. The fraction of sp³-hybridized carbons (Fsp3) is 0.253. The number of hydrogen-bond acceptors (Lipinski definition) is 31. The van der Waals surface area contributed by atoms with Crippen molar-refractivity contribution in [3.05, 3.63) is 234 Å². The summed E-state index contributed by atoms with van der Waals surface area (Å²) < 4.78 is 17.5. The molecule has 4 aliphatic heterocycles. The molecule has 8 amide bonds. The molecule has 20 N–H and O–H groups in total. The molecule has 0 fully saturated rings. The molecule has 9 heterocycles. The Labute approximate surface area is 773 Å². The minimum Gasteiger partial charge on any atom is -0.493 e. The molecular weight excluding hydrogens is 1710 g/mol. The number of nitrogen functional groups attached to an aromatic ring is 4. The lowest BCUT2D eigenvalue weighted by Crippen LogP contribution is -2.35. The number of nitrogens with zero attached hydrogens (tertiary/aromatic N) is 15. The highest BCUT2D eigenvalue weighted by atomic mass is 16.5. The van der Waals surface area contributed by atoms with Crippen molar-refractivity contribution < 1.29 is 52.6 Å². The third kappa shape index (κ3) is 23.5. The lowest BCUT2D eigenvalue weighted by molar-refractivity contribution is -0.116. The van der Waals surface area contributed by atoms with E-state index in [-0.39, 0.29) is 69.7 Å². The predicted molar refractivity (Wildman–Crippen MR) is 518 cm³/mol. The smallest absolute Gasteiger partial charge is 0.278 e. The van der Waals surface area contributed by atoms with Gasteiger partial charge in [0, 0.05) is 129 Å². The number of hydrogen-bond donors (Lipinski definition) is 13. The van der Waals surface area contributed by atoms with Crippen LogP contribution in [0.1, 0.15) is 105 Å². The summed E-state index contributed by atoms with van der Waals surface area (Å²) in [7, 11) is 11.1. The Hall–Kier alpha value is -16.6. The molecule has 0 aliphatic carbocycles. The van der Waals surface area contributed by atoms with E-state index in [2.05, 4.69) is 76.8 Å². The maximum Gasteiger partial charge on any atom is 0.278 e. The highest BCUT2D eigenvalue weighted by Crippen LogP contribution is 2.36. The molecule has 0 atom stereocenters. The fourth-order valence-electron chi connectivity index (χ4n) is 14.5. The average molecular weight is 1820 g/mol. The normalized spacial score (nSPS) is 14.1. The van der Waals surface area contributed by atoms with Gasteiger partial charge in [0.1, 0.15) is 17.2 Å². The summed E-state index contributed by atoms with van der Waals surface area (Å²) in [6.07, 6.45) is 12.1. The van der Waals surface area contributed by atoms with Crippen molar-refractivity contribution >= 4 is 122 Å². The van der Waals surface area contributed by atoms with Crippen LogP contribution in [0.3, 0.4) is 0 Å². The zero-order valence-electron chi connectivity index (χ0n) is 74.9. The van der Waals surface area contributed by atoms with Crippen LogP contribution >= 0.6 is 0 Å². The zero-order valence-corrected chi connectivity index (χ0v) is 74.9. The highest BCUT2D eigenvalue weighted by Gasteiger charge is 2.29. The molecule has 16 rings (SSSR count). The molecule has 12 aromatic rings. The number of pyridine rings is 1. The van der Waals surface area contributed by atoms with Crippen molar-refractivity contribution in [3.63, 3.8) is 0 Å². The number of rotatable bonds is 12. The van der Waals surface area contributed by atoms with Crippen LogP contribution in [0.25, 0.3) is 45.0 Å². The first kappa shape index (κ1) is 95.0. The minimum absolute atomic E-state index is 0.000832. The van der Waals surface area contributed by atoms with E-state index in [1.807, 2.05) is 121 Å². The number of fused-ring (bicyclic) bond motifs is 24. The van der Waals surface area contributed by atoms with Gasteiger partial charge in [-0.15, -0.1) is 0 Å². The first-order chi connectivity index (χ1) is 64.8. The maximum absolute atomic E-state index is 13.5. The number of anilines is 13. The van der Waals surface area contributed by atoms with Gasteiger partial charge in [0.05, 0.1) is 136 Å². The standard InChI is InChI=1S/C26H31N7O3.C24H28N8O3.C24H27N7O3.C21H20N6O2/c1-32-12-6-13-33(2)26(35)18-15-17(9-10-22(18)36-14-5-11-27)20-16-29-24(28)23(30-20)25(34)31-19-7-3-4-8-21(19)32;1-31-9-10-32(2)24(34)16-12-15(4-5-20(16)35-11-3-7-25)17-14-28-22(26)21(29-17)23(33)30-18-13-27-8-6-19(18)31;1-31-11-10-27-23(32)16-13-15(7-8-20(16)34-12-4-9-25)18-14-28-22(26)21(29-18)24(33)30-17-5-2-3-6-19(17)31;1-27-10-9-18(28)24-14-6-4-5-13(11-14)16-12-23-20(22)19(25-16)21(29)26-15-7-2-3-8-17(15)27/h3-4,7-10,15-16H,5-6,11-14,27H2,1-2H3,(H2,28,29)(H,31,34);4-6,8,12-14H,3,7,9-11,25H2,1-2H3,(H2,26,28)(H,30,33);2-3,5-8,13-14H,4,9-12,25H2,1H3,(H2,26,28)(H,27,32)(H,30,33);2-8,11-12H,9-10H2,1H3,(H2,22,23)(H,24,28)(H,26,29). The molecule has 0 unspecified atom stereocenters. The summed E-state index contributed by atoms with van der Waals surface area (Å²) in [6.45, 7) is 6.15. The second-order valence-electron chi connectivity index (χ2n) is 31.5. The molecule has 4 aliphatic rings. The number of likely N-dealkylation sites (N-methyl/N-ethyl adjacent to an activating group) is 3. The third-order valence-corrected chi connectivity index (χ3v) is 21.9. The molecule has 0 saturated carbocycles. The van der Waals surface area contributed by atoms with E-state index < -0.39 is 23.6 Å². The predicted octanol–water partition coefficient (Wildman–Crippen LogP) is 8.88. The number of nitrogens with two attached hydrogens (primary N) is 7. The number of benzene rings is 7. The number of ether oxygens (including phenoxy) is 3. The Morgan fingerprint density at radius 1 is 0.343 bits per heavy atom. The Morgan fingerprint density at radius 2 is 0.701 bits per heavy atom. The van der Waals surface area contributed by atoms with E-state index >= 15 is 0 Å². The van der Waals surface area contributed by atoms with E-state index in [9.17, 15) is 38.4 Å². The second kappa shape index (κ2) is 44.6. The summed E-state index contributed by atoms with van der Waals surface area (Å²) in [5.41, 5.74) is 52.2. The van der Waals surface area contributed by atoms with Crippen LogP contribution in [0, 0.1) is 0 Å². The van der Waals surface area contributed by atoms with Gasteiger partial charge in [-0.25, -0.2) is 39.9 Å². The molecule has 0 saturated heterocycles. The molecule has 7 aromatic carbocycles. The maximum atomic E-state index is 13.5. The van der Waals surface area contributed by atoms with Gasteiger partial charge >= 0.3 is 0 Å². The van der Waals surface area contributed by atoms with Gasteiger partial charge in [0.25, 0.3) is 41.4 Å². The highest BCUT2D eigenvalue weighted by molar-refractivity contribution is 6.11. The average Bonchev–Trinajstić information content (AvgIpc) is 1.18. The summed E-state index contributed by atoms with van der Waals surface area (Å²) >= 11 is 0. The molecule has 39 heteroatoms. The van der Waals surface area contributed by atoms with Gasteiger partial charge in [-0.1, -0.05) is 48.5 Å².